The van der Waals surface area contributed by atoms with Gasteiger partial charge in [0.2, 0.25) is 0 Å². The second kappa shape index (κ2) is 2.47. The maximum atomic E-state index is 8.90. The minimum Gasteiger partial charge on any atom is -0.384 e. The van der Waals surface area contributed by atoms with E-state index in [2.05, 4.69) is 0 Å². The zero-order chi connectivity index (χ0) is 6.85. The molecule has 1 aliphatic rings. The van der Waals surface area contributed by atoms with Gasteiger partial charge in [-0.3, -0.25) is 0 Å². The van der Waals surface area contributed by atoms with Crippen LogP contribution in [0.4, 0.5) is 0 Å². The van der Waals surface area contributed by atoms with Crippen molar-refractivity contribution in [2.24, 2.45) is 0 Å². The van der Waals surface area contributed by atoms with Gasteiger partial charge in [0.1, 0.15) is 6.10 Å². The molecule has 0 aliphatic carbocycles. The summed E-state index contributed by atoms with van der Waals surface area (Å²) in [5.41, 5.74) is 0.952. The summed E-state index contributed by atoms with van der Waals surface area (Å²) in [5, 5.41) is 17.7. The highest BCUT2D eigenvalue weighted by Crippen LogP contribution is 2.09. The highest BCUT2D eigenvalue weighted by molar-refractivity contribution is 5.05. The molecule has 0 bridgehead atoms. The number of aliphatic hydroxyl groups is 2. The van der Waals surface area contributed by atoms with Crippen LogP contribution in [0.2, 0.25) is 0 Å². The van der Waals surface area contributed by atoms with Crippen molar-refractivity contribution in [2.75, 3.05) is 6.61 Å². The summed E-state index contributed by atoms with van der Waals surface area (Å²) in [5.74, 6) is 0. The third-order valence-electron chi connectivity index (χ3n) is 1.23. The second-order valence-electron chi connectivity index (χ2n) is 2.21. The molecule has 0 radical (unpaired) electrons. The van der Waals surface area contributed by atoms with Crippen LogP contribution in [0, 0.1) is 0 Å². The van der Waals surface area contributed by atoms with E-state index < -0.39 is 12.4 Å². The van der Waals surface area contributed by atoms with E-state index in [1.807, 2.05) is 6.92 Å². The van der Waals surface area contributed by atoms with Crippen LogP contribution in [0.3, 0.4) is 0 Å². The smallest absolute Gasteiger partial charge is 0.184 e. The van der Waals surface area contributed by atoms with E-state index in [9.17, 15) is 0 Å². The van der Waals surface area contributed by atoms with E-state index in [0.717, 1.165) is 5.57 Å². The lowest BCUT2D eigenvalue weighted by Crippen LogP contribution is -2.31. The number of hydrogen-bond donors (Lipinski definition) is 2. The summed E-state index contributed by atoms with van der Waals surface area (Å²) in [6, 6.07) is 0. The van der Waals surface area contributed by atoms with E-state index in [4.69, 9.17) is 14.9 Å². The lowest BCUT2D eigenvalue weighted by Gasteiger charge is -2.21. The van der Waals surface area contributed by atoms with Crippen LogP contribution in [-0.2, 0) is 4.74 Å². The first-order chi connectivity index (χ1) is 4.20. The van der Waals surface area contributed by atoms with E-state index in [1.54, 1.807) is 6.08 Å². The Bertz CT molecular complexity index is 130. The third kappa shape index (κ3) is 1.51. The van der Waals surface area contributed by atoms with Crippen LogP contribution >= 0.6 is 0 Å². The summed E-state index contributed by atoms with van der Waals surface area (Å²) < 4.78 is 4.74. The summed E-state index contributed by atoms with van der Waals surface area (Å²) in [6.45, 7) is 2.26. The molecule has 2 atom stereocenters. The largest absolute Gasteiger partial charge is 0.384 e. The molecule has 3 nitrogen and oxygen atoms in total. The molecular formula is C6H10O3. The van der Waals surface area contributed by atoms with Gasteiger partial charge < -0.3 is 14.9 Å². The van der Waals surface area contributed by atoms with Crippen molar-refractivity contribution in [1.29, 1.82) is 0 Å². The molecular weight excluding hydrogens is 120 g/mol. The van der Waals surface area contributed by atoms with E-state index >= 15 is 0 Å². The van der Waals surface area contributed by atoms with Crippen molar-refractivity contribution < 1.29 is 14.9 Å². The SMILES string of the molecule is CC1=CC(O)C(O)OC1. The molecule has 0 amide bonds. The van der Waals surface area contributed by atoms with Gasteiger partial charge in [-0.2, -0.15) is 0 Å². The Kier molecular flexibility index (Phi) is 1.85. The van der Waals surface area contributed by atoms with Crippen molar-refractivity contribution in [1.82, 2.24) is 0 Å². The molecule has 0 fully saturated rings. The zero-order valence-corrected chi connectivity index (χ0v) is 5.24. The maximum Gasteiger partial charge on any atom is 0.184 e. The molecule has 1 heterocycles. The maximum absolute atomic E-state index is 8.90. The Morgan fingerprint density at radius 2 is 2.33 bits per heavy atom. The zero-order valence-electron chi connectivity index (χ0n) is 5.24. The number of ether oxygens (including phenoxy) is 1. The highest BCUT2D eigenvalue weighted by atomic mass is 16.6. The van der Waals surface area contributed by atoms with Gasteiger partial charge >= 0.3 is 0 Å². The average Bonchev–Trinajstić information content (AvgIpc) is 1.80. The van der Waals surface area contributed by atoms with Gasteiger partial charge in [0.25, 0.3) is 0 Å². The summed E-state index contributed by atoms with van der Waals surface area (Å²) in [7, 11) is 0. The predicted octanol–water partition coefficient (Wildman–Crippen LogP) is -0.358. The lowest BCUT2D eigenvalue weighted by atomic mass is 10.2. The molecule has 1 aliphatic heterocycles. The lowest BCUT2D eigenvalue weighted by molar-refractivity contribution is -0.149. The van der Waals surface area contributed by atoms with Crippen molar-refractivity contribution in [3.8, 4) is 0 Å². The number of aliphatic hydroxyl groups excluding tert-OH is 2. The Morgan fingerprint density at radius 3 is 2.78 bits per heavy atom. The predicted molar refractivity (Wildman–Crippen MR) is 31.7 cm³/mol. The molecule has 0 aromatic heterocycles. The fourth-order valence-corrected chi connectivity index (χ4v) is 0.737. The van der Waals surface area contributed by atoms with Gasteiger partial charge in [-0.25, -0.2) is 0 Å². The molecule has 3 heteroatoms. The van der Waals surface area contributed by atoms with E-state index in [0.29, 0.717) is 6.61 Å². The first-order valence-electron chi connectivity index (χ1n) is 2.85. The number of rotatable bonds is 0. The molecule has 0 saturated carbocycles. The van der Waals surface area contributed by atoms with Gasteiger partial charge in [-0.15, -0.1) is 0 Å². The van der Waals surface area contributed by atoms with E-state index in [1.165, 1.54) is 0 Å². The summed E-state index contributed by atoms with van der Waals surface area (Å²) in [6.07, 6.45) is -0.291. The van der Waals surface area contributed by atoms with Gasteiger partial charge in [0.15, 0.2) is 6.29 Å². The van der Waals surface area contributed by atoms with E-state index in [-0.39, 0.29) is 0 Å². The van der Waals surface area contributed by atoms with Crippen LogP contribution < -0.4 is 0 Å². The fraction of sp³-hybridized carbons (Fsp3) is 0.667. The van der Waals surface area contributed by atoms with Crippen LogP contribution in [0.5, 0.6) is 0 Å². The van der Waals surface area contributed by atoms with Gasteiger partial charge in [-0.05, 0) is 18.6 Å². The Morgan fingerprint density at radius 1 is 1.67 bits per heavy atom. The summed E-state index contributed by atoms with van der Waals surface area (Å²) in [4.78, 5) is 0. The average molecular weight is 130 g/mol. The molecule has 1 rings (SSSR count). The first-order valence-corrected chi connectivity index (χ1v) is 2.85. The molecule has 0 aromatic carbocycles. The summed E-state index contributed by atoms with van der Waals surface area (Å²) >= 11 is 0. The van der Waals surface area contributed by atoms with Crippen molar-refractivity contribution >= 4 is 0 Å². The topological polar surface area (TPSA) is 49.7 Å². The standard InChI is InChI=1S/C6H10O3/c1-4-2-5(7)6(8)9-3-4/h2,5-8H,3H2,1H3. The van der Waals surface area contributed by atoms with Crippen molar-refractivity contribution in [3.63, 3.8) is 0 Å². The molecule has 2 N–H and O–H groups in total. The van der Waals surface area contributed by atoms with Crippen LogP contribution in [0.1, 0.15) is 6.92 Å². The fourth-order valence-electron chi connectivity index (χ4n) is 0.737. The van der Waals surface area contributed by atoms with Gasteiger partial charge in [0.05, 0.1) is 6.61 Å². The molecule has 9 heavy (non-hydrogen) atoms. The highest BCUT2D eigenvalue weighted by Gasteiger charge is 2.18. The van der Waals surface area contributed by atoms with Crippen LogP contribution in [0.15, 0.2) is 11.6 Å². The van der Waals surface area contributed by atoms with Crippen molar-refractivity contribution in [2.45, 2.75) is 19.3 Å². The third-order valence-corrected chi connectivity index (χ3v) is 1.23. The monoisotopic (exact) mass is 130 g/mol. The molecule has 0 aromatic rings. The second-order valence-corrected chi connectivity index (χ2v) is 2.21. The number of hydrogen-bond acceptors (Lipinski definition) is 3. The van der Waals surface area contributed by atoms with Crippen LogP contribution in [0.25, 0.3) is 0 Å². The van der Waals surface area contributed by atoms with Gasteiger partial charge in [-0.1, -0.05) is 0 Å². The van der Waals surface area contributed by atoms with Gasteiger partial charge in [0, 0.05) is 0 Å². The van der Waals surface area contributed by atoms with Crippen molar-refractivity contribution in [3.05, 3.63) is 11.6 Å². The minimum absolute atomic E-state index is 0.415. The molecule has 2 unspecified atom stereocenters. The molecule has 0 spiro atoms. The quantitative estimate of drug-likeness (QED) is 0.440. The Balaban J connectivity index is 2.58. The normalized spacial score (nSPS) is 36.1. The minimum atomic E-state index is -1.03. The molecule has 52 valence electrons. The van der Waals surface area contributed by atoms with Crippen LogP contribution in [-0.4, -0.2) is 29.2 Å². The Labute approximate surface area is 53.6 Å². The Hall–Kier alpha value is -0.380. The first kappa shape index (κ1) is 6.74. The molecule has 0 saturated heterocycles.